The number of carbonyl (C=O) groups excluding carboxylic acids is 2. The van der Waals surface area contributed by atoms with Crippen LogP contribution in [0.4, 0.5) is 4.79 Å². The van der Waals surface area contributed by atoms with Gasteiger partial charge in [-0.2, -0.15) is 0 Å². The molecule has 0 saturated carbocycles. The van der Waals surface area contributed by atoms with Gasteiger partial charge in [0.25, 0.3) is 0 Å². The van der Waals surface area contributed by atoms with Crippen molar-refractivity contribution < 1.29 is 9.59 Å². The van der Waals surface area contributed by atoms with Gasteiger partial charge in [0, 0.05) is 6.20 Å². The van der Waals surface area contributed by atoms with E-state index in [1.54, 1.807) is 6.20 Å². The van der Waals surface area contributed by atoms with Crippen molar-refractivity contribution in [2.75, 3.05) is 0 Å². The fourth-order valence-electron chi connectivity index (χ4n) is 1.37. The number of hydrogen-bond acceptors (Lipinski definition) is 3. The minimum Gasteiger partial charge on any atom is -0.332 e. The highest BCUT2D eigenvalue weighted by atomic mass is 35.5. The number of amides is 3. The average Bonchev–Trinajstić information content (AvgIpc) is 2.36. The van der Waals surface area contributed by atoms with Crippen molar-refractivity contribution in [3.63, 3.8) is 0 Å². The first-order valence-electron chi connectivity index (χ1n) is 5.70. The molecule has 2 N–H and O–H groups in total. The number of alkyl halides is 1. The molecule has 0 radical (unpaired) electrons. The third-order valence-corrected chi connectivity index (χ3v) is 2.58. The first-order chi connectivity index (χ1) is 8.54. The summed E-state index contributed by atoms with van der Waals surface area (Å²) in [6, 6.07) is 3.23. The molecular weight excluding hydrogens is 254 g/mol. The molecule has 6 heteroatoms. The molecular formula is C12H16ClN3O2. The van der Waals surface area contributed by atoms with E-state index in [0.717, 1.165) is 17.7 Å². The lowest BCUT2D eigenvalue weighted by Gasteiger charge is -2.09. The summed E-state index contributed by atoms with van der Waals surface area (Å²) >= 11 is 5.53. The summed E-state index contributed by atoms with van der Waals surface area (Å²) < 4.78 is 0. The molecule has 0 aromatic carbocycles. The van der Waals surface area contributed by atoms with Crippen LogP contribution in [0.25, 0.3) is 0 Å². The molecule has 1 atom stereocenters. The van der Waals surface area contributed by atoms with E-state index >= 15 is 0 Å². The Bertz CT molecular complexity index is 435. The topological polar surface area (TPSA) is 71.1 Å². The highest BCUT2D eigenvalue weighted by Gasteiger charge is 2.12. The predicted octanol–water partition coefficient (Wildman–Crippen LogP) is 1.60. The highest BCUT2D eigenvalue weighted by molar-refractivity contribution is 6.31. The van der Waals surface area contributed by atoms with Gasteiger partial charge in [0.05, 0.1) is 12.2 Å². The van der Waals surface area contributed by atoms with Crippen LogP contribution in [0.5, 0.6) is 0 Å². The van der Waals surface area contributed by atoms with Crippen molar-refractivity contribution in [2.45, 2.75) is 32.2 Å². The predicted molar refractivity (Wildman–Crippen MR) is 69.3 cm³/mol. The second-order valence-corrected chi connectivity index (χ2v) is 4.41. The van der Waals surface area contributed by atoms with E-state index < -0.39 is 17.3 Å². The Morgan fingerprint density at radius 3 is 2.83 bits per heavy atom. The number of hydrogen-bond donors (Lipinski definition) is 2. The largest absolute Gasteiger partial charge is 0.332 e. The van der Waals surface area contributed by atoms with Gasteiger partial charge in [-0.25, -0.2) is 4.79 Å². The number of rotatable bonds is 4. The number of pyridine rings is 1. The van der Waals surface area contributed by atoms with Crippen LogP contribution < -0.4 is 10.6 Å². The normalized spacial score (nSPS) is 11.7. The Balaban J connectivity index is 2.50. The first kappa shape index (κ1) is 14.4. The van der Waals surface area contributed by atoms with Crippen molar-refractivity contribution in [1.82, 2.24) is 15.6 Å². The van der Waals surface area contributed by atoms with Crippen molar-refractivity contribution in [3.8, 4) is 0 Å². The first-order valence-corrected chi connectivity index (χ1v) is 6.13. The molecule has 18 heavy (non-hydrogen) atoms. The average molecular weight is 270 g/mol. The van der Waals surface area contributed by atoms with E-state index in [4.69, 9.17) is 11.6 Å². The molecule has 1 aromatic heterocycles. The maximum atomic E-state index is 11.4. The van der Waals surface area contributed by atoms with Crippen LogP contribution in [0.15, 0.2) is 18.3 Å². The van der Waals surface area contributed by atoms with Crippen LogP contribution in [-0.4, -0.2) is 22.3 Å². The van der Waals surface area contributed by atoms with Gasteiger partial charge < -0.3 is 5.32 Å². The van der Waals surface area contributed by atoms with Crippen molar-refractivity contribution >= 4 is 23.5 Å². The quantitative estimate of drug-likeness (QED) is 0.816. The van der Waals surface area contributed by atoms with Gasteiger partial charge in [0.15, 0.2) is 0 Å². The molecule has 0 bridgehead atoms. The SMILES string of the molecule is CCc1cccnc1CNC(=O)NC(=O)C(C)Cl. The van der Waals surface area contributed by atoms with Gasteiger partial charge >= 0.3 is 6.03 Å². The van der Waals surface area contributed by atoms with Gasteiger partial charge in [-0.3, -0.25) is 15.1 Å². The molecule has 0 fully saturated rings. The van der Waals surface area contributed by atoms with E-state index in [9.17, 15) is 9.59 Å². The Hall–Kier alpha value is -1.62. The second kappa shape index (κ2) is 6.96. The molecule has 0 spiro atoms. The van der Waals surface area contributed by atoms with E-state index in [1.807, 2.05) is 19.1 Å². The van der Waals surface area contributed by atoms with Crippen LogP contribution in [-0.2, 0) is 17.8 Å². The van der Waals surface area contributed by atoms with Crippen LogP contribution in [0.1, 0.15) is 25.1 Å². The van der Waals surface area contributed by atoms with Crippen molar-refractivity contribution in [2.24, 2.45) is 0 Å². The summed E-state index contributed by atoms with van der Waals surface area (Å²) in [5.41, 5.74) is 1.86. The molecule has 1 rings (SSSR count). The van der Waals surface area contributed by atoms with Crippen molar-refractivity contribution in [1.29, 1.82) is 0 Å². The molecule has 3 amide bonds. The van der Waals surface area contributed by atoms with Gasteiger partial charge in [0.1, 0.15) is 5.38 Å². The van der Waals surface area contributed by atoms with Crippen LogP contribution in [0.2, 0.25) is 0 Å². The Labute approximate surface area is 111 Å². The van der Waals surface area contributed by atoms with Crippen LogP contribution in [0, 0.1) is 0 Å². The number of aryl methyl sites for hydroxylation is 1. The fraction of sp³-hybridized carbons (Fsp3) is 0.417. The molecule has 1 aromatic rings. The molecule has 0 aliphatic carbocycles. The summed E-state index contributed by atoms with van der Waals surface area (Å²) in [4.78, 5) is 26.8. The lowest BCUT2D eigenvalue weighted by molar-refractivity contribution is -0.119. The van der Waals surface area contributed by atoms with E-state index in [0.29, 0.717) is 0 Å². The number of aromatic nitrogens is 1. The Morgan fingerprint density at radius 2 is 2.22 bits per heavy atom. The molecule has 1 heterocycles. The van der Waals surface area contributed by atoms with E-state index in [-0.39, 0.29) is 6.54 Å². The summed E-state index contributed by atoms with van der Waals surface area (Å²) in [5, 5.41) is 3.97. The third-order valence-electron chi connectivity index (χ3n) is 2.38. The van der Waals surface area contributed by atoms with Crippen LogP contribution >= 0.6 is 11.6 Å². The lowest BCUT2D eigenvalue weighted by atomic mass is 10.1. The minimum absolute atomic E-state index is 0.278. The maximum Gasteiger partial charge on any atom is 0.321 e. The zero-order chi connectivity index (χ0) is 13.5. The molecule has 0 saturated heterocycles. The molecule has 0 aliphatic rings. The highest BCUT2D eigenvalue weighted by Crippen LogP contribution is 2.05. The number of imide groups is 1. The number of halogens is 1. The van der Waals surface area contributed by atoms with Crippen molar-refractivity contribution in [3.05, 3.63) is 29.6 Å². The number of carbonyl (C=O) groups is 2. The van der Waals surface area contributed by atoms with E-state index in [2.05, 4.69) is 15.6 Å². The fourth-order valence-corrected chi connectivity index (χ4v) is 1.43. The number of nitrogens with zero attached hydrogens (tertiary/aromatic N) is 1. The van der Waals surface area contributed by atoms with Gasteiger partial charge in [-0.1, -0.05) is 13.0 Å². The standard InChI is InChI=1S/C12H16ClN3O2/c1-3-9-5-4-6-14-10(9)7-15-12(18)16-11(17)8(2)13/h4-6,8H,3,7H2,1-2H3,(H2,15,16,17,18). The summed E-state index contributed by atoms with van der Waals surface area (Å²) in [5.74, 6) is -0.522. The maximum absolute atomic E-state index is 11.4. The smallest absolute Gasteiger partial charge is 0.321 e. The summed E-state index contributed by atoms with van der Waals surface area (Å²) in [6.45, 7) is 3.79. The zero-order valence-electron chi connectivity index (χ0n) is 10.4. The summed E-state index contributed by atoms with van der Waals surface area (Å²) in [7, 11) is 0. The molecule has 0 aliphatic heterocycles. The molecule has 1 unspecified atom stereocenters. The lowest BCUT2D eigenvalue weighted by Crippen LogP contribution is -2.42. The molecule has 5 nitrogen and oxygen atoms in total. The minimum atomic E-state index is -0.739. The van der Waals surface area contributed by atoms with Gasteiger partial charge in [0.2, 0.25) is 5.91 Å². The van der Waals surface area contributed by atoms with Gasteiger partial charge in [-0.05, 0) is 25.0 Å². The van der Waals surface area contributed by atoms with Crippen LogP contribution in [0.3, 0.4) is 0 Å². The van der Waals surface area contributed by atoms with E-state index in [1.165, 1.54) is 6.92 Å². The monoisotopic (exact) mass is 269 g/mol. The zero-order valence-corrected chi connectivity index (χ0v) is 11.1. The van der Waals surface area contributed by atoms with Gasteiger partial charge in [-0.15, -0.1) is 11.6 Å². The number of nitrogens with one attached hydrogen (secondary N) is 2. The molecule has 98 valence electrons. The Kier molecular flexibility index (Phi) is 5.58. The summed E-state index contributed by atoms with van der Waals surface area (Å²) in [6.07, 6.45) is 2.50. The number of urea groups is 1. The second-order valence-electron chi connectivity index (χ2n) is 3.75. The third kappa shape index (κ3) is 4.33. The Morgan fingerprint density at radius 1 is 1.50 bits per heavy atom.